The summed E-state index contributed by atoms with van der Waals surface area (Å²) in [6.07, 6.45) is 1.87. The predicted molar refractivity (Wildman–Crippen MR) is 266 cm³/mol. The summed E-state index contributed by atoms with van der Waals surface area (Å²) in [5, 5.41) is 40.8. The maximum atomic E-state index is 14.2. The average molecular weight is 996 g/mol. The Balaban J connectivity index is 0.791. The number of hydrogen-bond donors (Lipinski definition) is 5. The summed E-state index contributed by atoms with van der Waals surface area (Å²) in [5.74, 6) is -1.33. The second-order valence-electron chi connectivity index (χ2n) is 19.3. The topological polar surface area (TPSA) is 227 Å². The summed E-state index contributed by atoms with van der Waals surface area (Å²) in [6, 6.07) is 16.3. The maximum Gasteiger partial charge on any atom is 0.272 e. The smallest absolute Gasteiger partial charge is 0.272 e. The van der Waals surface area contributed by atoms with Crippen molar-refractivity contribution in [3.63, 3.8) is 0 Å². The van der Waals surface area contributed by atoms with Crippen molar-refractivity contribution in [1.29, 1.82) is 5.26 Å². The number of likely N-dealkylation sites (tertiary alicyclic amines) is 1. The number of amides is 4. The van der Waals surface area contributed by atoms with E-state index >= 15 is 0 Å². The number of H-pyrrole nitrogens is 1. The molecule has 0 saturated carbocycles. The molecule has 2 saturated heterocycles. The lowest BCUT2D eigenvalue weighted by Gasteiger charge is -2.37. The molecule has 5 heterocycles. The number of carbonyl (C=O) groups excluding carboxylic acids is 4. The fraction of sp³-hybridized carbons (Fsp3) is 0.480. The van der Waals surface area contributed by atoms with Crippen LogP contribution in [0, 0.1) is 23.7 Å². The van der Waals surface area contributed by atoms with Gasteiger partial charge in [-0.2, -0.15) is 15.5 Å². The first kappa shape index (κ1) is 51.8. The van der Waals surface area contributed by atoms with Crippen molar-refractivity contribution in [3.05, 3.63) is 99.5 Å². The first-order valence-electron chi connectivity index (χ1n) is 23.7. The van der Waals surface area contributed by atoms with Crippen molar-refractivity contribution in [3.8, 4) is 27.8 Å². The first-order valence-corrected chi connectivity index (χ1v) is 24.9. The van der Waals surface area contributed by atoms with Crippen LogP contribution in [-0.4, -0.2) is 145 Å². The second kappa shape index (κ2) is 23.3. The van der Waals surface area contributed by atoms with Crippen LogP contribution in [0.1, 0.15) is 86.5 Å². The molecule has 70 heavy (non-hydrogen) atoms. The fourth-order valence-corrected chi connectivity index (χ4v) is 9.76. The van der Waals surface area contributed by atoms with Gasteiger partial charge < -0.3 is 35.6 Å². The van der Waals surface area contributed by atoms with E-state index in [4.69, 9.17) is 21.6 Å². The highest BCUT2D eigenvalue weighted by Crippen LogP contribution is 2.30. The van der Waals surface area contributed by atoms with Crippen LogP contribution in [0.2, 0.25) is 5.02 Å². The van der Waals surface area contributed by atoms with Crippen LogP contribution in [-0.2, 0) is 32.3 Å². The lowest BCUT2D eigenvalue weighted by atomic mass is 9.85. The molecule has 5 aromatic rings. The van der Waals surface area contributed by atoms with Crippen molar-refractivity contribution in [2.75, 3.05) is 52.4 Å². The Morgan fingerprint density at radius 1 is 1.00 bits per heavy atom. The Bertz CT molecular complexity index is 2650. The lowest BCUT2D eigenvalue weighted by Crippen LogP contribution is -2.59. The highest BCUT2D eigenvalue weighted by Gasteiger charge is 2.45. The van der Waals surface area contributed by atoms with E-state index in [1.165, 1.54) is 4.90 Å². The van der Waals surface area contributed by atoms with Gasteiger partial charge in [0.2, 0.25) is 17.7 Å². The normalized spacial score (nSPS) is 18.0. The third-order valence-corrected chi connectivity index (χ3v) is 13.9. The number of aliphatic hydroxyl groups is 1. The molecular formula is C50H63ClN12O6S. The molecule has 372 valence electrons. The summed E-state index contributed by atoms with van der Waals surface area (Å²) in [7, 11) is 0. The van der Waals surface area contributed by atoms with Gasteiger partial charge in [0.15, 0.2) is 0 Å². The van der Waals surface area contributed by atoms with Crippen molar-refractivity contribution in [2.45, 2.75) is 97.8 Å². The number of nitrogens with one attached hydrogen (secondary N) is 4. The third-order valence-electron chi connectivity index (χ3n) is 12.6. The number of nitrogens with zero attached hydrogens (tertiary/aromatic N) is 8. The van der Waals surface area contributed by atoms with E-state index in [-0.39, 0.29) is 61.6 Å². The van der Waals surface area contributed by atoms with Gasteiger partial charge in [0.1, 0.15) is 23.8 Å². The zero-order valence-corrected chi connectivity index (χ0v) is 42.1. The number of aliphatic hydroxyl groups excluding tert-OH is 1. The number of aromatic amines is 1. The first-order chi connectivity index (χ1) is 33.4. The molecule has 0 radical (unpaired) electrons. The van der Waals surface area contributed by atoms with Crippen molar-refractivity contribution >= 4 is 46.6 Å². The highest BCUT2D eigenvalue weighted by molar-refractivity contribution is 7.13. The Labute approximate surface area is 417 Å². The van der Waals surface area contributed by atoms with Gasteiger partial charge in [-0.1, -0.05) is 62.7 Å². The van der Waals surface area contributed by atoms with Crippen molar-refractivity contribution in [1.82, 2.24) is 55.6 Å². The van der Waals surface area contributed by atoms with E-state index in [0.29, 0.717) is 48.2 Å². The Hall–Kier alpha value is -6.01. The van der Waals surface area contributed by atoms with Crippen LogP contribution < -0.4 is 16.0 Å². The van der Waals surface area contributed by atoms with Crippen molar-refractivity contribution in [2.24, 2.45) is 5.41 Å². The highest BCUT2D eigenvalue weighted by atomic mass is 35.5. The number of aryl methyl sites for hydroxylation is 1. The average Bonchev–Trinajstić information content (AvgIpc) is 4.16. The minimum Gasteiger partial charge on any atom is -0.391 e. The van der Waals surface area contributed by atoms with Gasteiger partial charge in [-0.15, -0.1) is 11.3 Å². The molecule has 2 unspecified atom stereocenters. The summed E-state index contributed by atoms with van der Waals surface area (Å²) in [5.41, 5.74) is 6.93. The summed E-state index contributed by atoms with van der Waals surface area (Å²) < 4.78 is 7.64. The fourth-order valence-electron chi connectivity index (χ4n) is 8.73. The Morgan fingerprint density at radius 3 is 2.41 bits per heavy atom. The monoisotopic (exact) mass is 994 g/mol. The number of halogens is 1. The van der Waals surface area contributed by atoms with E-state index in [1.54, 1.807) is 40.3 Å². The Kier molecular flexibility index (Phi) is 17.2. The van der Waals surface area contributed by atoms with Gasteiger partial charge in [0.05, 0.1) is 69.9 Å². The van der Waals surface area contributed by atoms with Crippen LogP contribution in [0.25, 0.3) is 21.7 Å². The van der Waals surface area contributed by atoms with Crippen LogP contribution in [0.5, 0.6) is 0 Å². The minimum atomic E-state index is -0.909. The largest absolute Gasteiger partial charge is 0.391 e. The second-order valence-corrected chi connectivity index (χ2v) is 20.5. The molecule has 0 bridgehead atoms. The number of benzene rings is 2. The van der Waals surface area contributed by atoms with Gasteiger partial charge in [-0.05, 0) is 68.0 Å². The quantitative estimate of drug-likeness (QED) is 0.0694. The minimum absolute atomic E-state index is 0.00383. The van der Waals surface area contributed by atoms with Crippen molar-refractivity contribution < 1.29 is 29.0 Å². The van der Waals surface area contributed by atoms with Crippen LogP contribution >= 0.6 is 22.9 Å². The number of rotatable bonds is 19. The molecule has 5 N–H and O–H groups in total. The molecule has 2 fully saturated rings. The number of nitriles is 1. The molecule has 0 spiro atoms. The maximum absolute atomic E-state index is 14.2. The Morgan fingerprint density at radius 2 is 1.73 bits per heavy atom. The van der Waals surface area contributed by atoms with Gasteiger partial charge in [0, 0.05) is 70.1 Å². The van der Waals surface area contributed by atoms with Crippen LogP contribution in [0.3, 0.4) is 0 Å². The molecule has 7 rings (SSSR count). The molecule has 2 aliphatic heterocycles. The molecule has 2 aliphatic rings. The molecule has 2 aromatic carbocycles. The van der Waals surface area contributed by atoms with E-state index in [2.05, 4.69) is 52.1 Å². The summed E-state index contributed by atoms with van der Waals surface area (Å²) >= 11 is 7.77. The molecule has 20 heteroatoms. The summed E-state index contributed by atoms with van der Waals surface area (Å²) in [4.78, 5) is 65.6. The van der Waals surface area contributed by atoms with E-state index in [0.717, 1.165) is 53.3 Å². The summed E-state index contributed by atoms with van der Waals surface area (Å²) in [6.45, 7) is 16.5. The number of β-amino-alcohol motifs (C(OH)–C–C–N with tert-alkyl or cyclic N) is 1. The predicted octanol–water partition coefficient (Wildman–Crippen LogP) is 4.94. The lowest BCUT2D eigenvalue weighted by molar-refractivity contribution is -0.144. The van der Waals surface area contributed by atoms with Gasteiger partial charge in [-0.3, -0.25) is 33.9 Å². The molecule has 5 atom stereocenters. The number of carbonyl (C=O) groups is 4. The zero-order valence-electron chi connectivity index (χ0n) is 40.6. The van der Waals surface area contributed by atoms with Gasteiger partial charge in [-0.25, -0.2) is 4.98 Å². The molecule has 18 nitrogen and oxygen atoms in total. The zero-order chi connectivity index (χ0) is 50.1. The molecule has 3 aromatic heterocycles. The SMILES string of the molecule is Cc1ncsc1-c1ccc([C@H](C)NC(=O)[C@@H]2C[C@@H](O)CN2C(=O)C(NC(=O)CN2CCN(CCCOCc3cc(C(=O)NC(C)Cn4ccc(-c5ccc(C#N)c(Cl)c5)n4)n[nH]3)CC2)C(C)(C)C)cc1. The van der Waals surface area contributed by atoms with E-state index < -0.39 is 29.5 Å². The third kappa shape index (κ3) is 13.4. The van der Waals surface area contributed by atoms with Gasteiger partial charge >= 0.3 is 0 Å². The number of aromatic nitrogens is 5. The number of hydrogen-bond acceptors (Lipinski definition) is 13. The number of thiazole rings is 1. The van der Waals surface area contributed by atoms with Gasteiger partial charge in [0.25, 0.3) is 5.91 Å². The van der Waals surface area contributed by atoms with Crippen LogP contribution in [0.4, 0.5) is 0 Å². The van der Waals surface area contributed by atoms with Crippen LogP contribution in [0.15, 0.2) is 66.3 Å². The molecule has 4 amide bonds. The number of ether oxygens (including phenoxy) is 1. The molecule has 0 aliphatic carbocycles. The van der Waals surface area contributed by atoms with E-state index in [9.17, 15) is 24.3 Å². The molecular weight excluding hydrogens is 932 g/mol. The van der Waals surface area contributed by atoms with E-state index in [1.807, 2.05) is 83.6 Å². The number of piperazine rings is 1. The standard InChI is InChI=1S/C50H63ClN12O6S/c1-31(26-62-16-14-41(59-62)36-12-13-37(25-52)40(51)22-36)54-47(66)42-23-38(57-58-42)29-69-21-7-15-60-17-19-61(20-18-60)28-44(65)56-46(50(4,5)6)49(68)63-27-39(64)24-43(63)48(67)55-32(2)34-8-10-35(11-9-34)45-33(3)53-30-70-45/h8-14,16,22-23,30-32,39,43,46,64H,7,15,17-21,24,26-29H2,1-6H3,(H,54,66)(H,55,67)(H,56,65)(H,57,58)/t31?,32-,39+,43-,46?/m0/s1.